The average Bonchev–Trinajstić information content (AvgIpc) is 3.00. The molecule has 1 aliphatic heterocycles. The van der Waals surface area contributed by atoms with Crippen LogP contribution in [0.1, 0.15) is 56.0 Å². The molecular formula is C24H27N3O5. The van der Waals surface area contributed by atoms with Gasteiger partial charge in [0.15, 0.2) is 6.61 Å². The number of ether oxygens (including phenoxy) is 1. The Bertz CT molecular complexity index is 1080. The Labute approximate surface area is 186 Å². The number of imide groups is 1. The van der Waals surface area contributed by atoms with E-state index in [1.165, 1.54) is 23.1 Å². The van der Waals surface area contributed by atoms with E-state index < -0.39 is 11.8 Å². The second kappa shape index (κ2) is 9.64. The van der Waals surface area contributed by atoms with Gasteiger partial charge in [-0.05, 0) is 57.5 Å². The summed E-state index contributed by atoms with van der Waals surface area (Å²) in [4.78, 5) is 50.4. The molecule has 0 atom stereocenters. The van der Waals surface area contributed by atoms with Crippen molar-refractivity contribution in [1.29, 1.82) is 0 Å². The van der Waals surface area contributed by atoms with Crippen molar-refractivity contribution in [3.63, 3.8) is 0 Å². The molecular weight excluding hydrogens is 410 g/mol. The fourth-order valence-corrected chi connectivity index (χ4v) is 3.51. The van der Waals surface area contributed by atoms with E-state index in [0.29, 0.717) is 11.3 Å². The third-order valence-corrected chi connectivity index (χ3v) is 5.12. The molecule has 0 fully saturated rings. The van der Waals surface area contributed by atoms with Crippen LogP contribution in [0.5, 0.6) is 5.75 Å². The third-order valence-electron chi connectivity index (χ3n) is 5.12. The van der Waals surface area contributed by atoms with Crippen LogP contribution in [0.3, 0.4) is 0 Å². The summed E-state index contributed by atoms with van der Waals surface area (Å²) in [5.41, 5.74) is 2.88. The van der Waals surface area contributed by atoms with Gasteiger partial charge in [-0.3, -0.25) is 24.1 Å². The van der Waals surface area contributed by atoms with Crippen molar-refractivity contribution in [3.8, 4) is 5.75 Å². The molecule has 0 aliphatic carbocycles. The van der Waals surface area contributed by atoms with E-state index >= 15 is 0 Å². The van der Waals surface area contributed by atoms with Gasteiger partial charge in [-0.1, -0.05) is 17.7 Å². The van der Waals surface area contributed by atoms with Crippen LogP contribution < -0.4 is 15.4 Å². The number of fused-ring (bicyclic) bond motifs is 1. The molecule has 0 spiro atoms. The Morgan fingerprint density at radius 2 is 1.62 bits per heavy atom. The molecule has 4 amide bonds. The summed E-state index contributed by atoms with van der Waals surface area (Å²) in [7, 11) is 0. The molecule has 0 saturated heterocycles. The molecule has 8 nitrogen and oxygen atoms in total. The van der Waals surface area contributed by atoms with Crippen LogP contribution in [0.15, 0.2) is 36.4 Å². The number of hydrogen-bond acceptors (Lipinski definition) is 5. The smallest absolute Gasteiger partial charge is 0.261 e. The van der Waals surface area contributed by atoms with Crippen molar-refractivity contribution in [2.45, 2.75) is 33.7 Å². The van der Waals surface area contributed by atoms with Gasteiger partial charge >= 0.3 is 0 Å². The molecule has 32 heavy (non-hydrogen) atoms. The zero-order chi connectivity index (χ0) is 23.4. The number of nitrogens with zero attached hydrogens (tertiary/aromatic N) is 1. The Hall–Kier alpha value is -3.68. The highest BCUT2D eigenvalue weighted by Gasteiger charge is 2.37. The fraction of sp³-hybridized carbons (Fsp3) is 0.333. The first-order chi connectivity index (χ1) is 15.2. The first kappa shape index (κ1) is 23.0. The van der Waals surface area contributed by atoms with E-state index in [-0.39, 0.29) is 48.7 Å². The first-order valence-corrected chi connectivity index (χ1v) is 10.5. The number of rotatable bonds is 8. The molecule has 0 bridgehead atoms. The van der Waals surface area contributed by atoms with Crippen LogP contribution in [0.25, 0.3) is 0 Å². The van der Waals surface area contributed by atoms with Crippen LogP contribution in [-0.2, 0) is 4.79 Å². The maximum atomic E-state index is 12.5. The summed E-state index contributed by atoms with van der Waals surface area (Å²) in [6.07, 6.45) is 0. The summed E-state index contributed by atoms with van der Waals surface area (Å²) in [6, 6.07) is 9.90. The standard InChI is InChI=1S/C24H27N3O5/c1-14(2)27-23(30)18-7-6-17(12-19(18)24(27)31)22(29)26-10-9-25-21(28)13-32-20-8-5-15(3)11-16(20)4/h5-8,11-12,14H,9-10,13H2,1-4H3,(H,25,28)(H,26,29). The largest absolute Gasteiger partial charge is 0.484 e. The third kappa shape index (κ3) is 4.96. The maximum Gasteiger partial charge on any atom is 0.261 e. The first-order valence-electron chi connectivity index (χ1n) is 10.5. The normalized spacial score (nSPS) is 12.7. The van der Waals surface area contributed by atoms with Crippen LogP contribution in [0, 0.1) is 13.8 Å². The molecule has 8 heteroatoms. The Morgan fingerprint density at radius 1 is 0.938 bits per heavy atom. The number of benzene rings is 2. The lowest BCUT2D eigenvalue weighted by Gasteiger charge is -2.17. The van der Waals surface area contributed by atoms with E-state index in [0.717, 1.165) is 11.1 Å². The average molecular weight is 437 g/mol. The van der Waals surface area contributed by atoms with E-state index in [4.69, 9.17) is 4.74 Å². The highest BCUT2D eigenvalue weighted by molar-refractivity contribution is 6.22. The molecule has 0 saturated carbocycles. The fourth-order valence-electron chi connectivity index (χ4n) is 3.51. The molecule has 0 radical (unpaired) electrons. The second-order valence-corrected chi connectivity index (χ2v) is 8.00. The molecule has 1 aliphatic rings. The molecule has 1 heterocycles. The van der Waals surface area contributed by atoms with Crippen molar-refractivity contribution in [1.82, 2.24) is 15.5 Å². The summed E-state index contributed by atoms with van der Waals surface area (Å²) in [6.45, 7) is 7.73. The van der Waals surface area contributed by atoms with Gasteiger partial charge in [-0.25, -0.2) is 0 Å². The van der Waals surface area contributed by atoms with Gasteiger partial charge in [0.1, 0.15) is 5.75 Å². The summed E-state index contributed by atoms with van der Waals surface area (Å²) >= 11 is 0. The summed E-state index contributed by atoms with van der Waals surface area (Å²) in [5.74, 6) is -0.783. The minimum absolute atomic E-state index is 0.120. The van der Waals surface area contributed by atoms with Gasteiger partial charge in [0.25, 0.3) is 23.6 Å². The van der Waals surface area contributed by atoms with Crippen LogP contribution >= 0.6 is 0 Å². The lowest BCUT2D eigenvalue weighted by molar-refractivity contribution is -0.123. The molecule has 168 valence electrons. The molecule has 3 rings (SSSR count). The number of amides is 4. The molecule has 2 aromatic rings. The molecule has 2 aromatic carbocycles. The Morgan fingerprint density at radius 3 is 2.31 bits per heavy atom. The van der Waals surface area contributed by atoms with Gasteiger partial charge < -0.3 is 15.4 Å². The highest BCUT2D eigenvalue weighted by atomic mass is 16.5. The van der Waals surface area contributed by atoms with E-state index in [2.05, 4.69) is 10.6 Å². The van der Waals surface area contributed by atoms with Gasteiger partial charge in [-0.2, -0.15) is 0 Å². The second-order valence-electron chi connectivity index (χ2n) is 8.00. The number of carbonyl (C=O) groups is 4. The molecule has 2 N–H and O–H groups in total. The SMILES string of the molecule is Cc1ccc(OCC(=O)NCCNC(=O)c2ccc3c(c2)C(=O)N(C(C)C)C3=O)c(C)c1. The van der Waals surface area contributed by atoms with Crippen molar-refractivity contribution >= 4 is 23.6 Å². The van der Waals surface area contributed by atoms with Gasteiger partial charge in [0, 0.05) is 24.7 Å². The van der Waals surface area contributed by atoms with Gasteiger partial charge in [-0.15, -0.1) is 0 Å². The predicted octanol–water partition coefficient (Wildman–Crippen LogP) is 2.23. The van der Waals surface area contributed by atoms with Crippen molar-refractivity contribution in [3.05, 3.63) is 64.2 Å². The number of carbonyl (C=O) groups excluding carboxylic acids is 4. The number of nitrogens with one attached hydrogen (secondary N) is 2. The summed E-state index contributed by atoms with van der Waals surface area (Å²) < 4.78 is 5.52. The van der Waals surface area contributed by atoms with E-state index in [1.54, 1.807) is 13.8 Å². The number of aryl methyl sites for hydroxylation is 2. The van der Waals surface area contributed by atoms with Gasteiger partial charge in [0.2, 0.25) is 0 Å². The van der Waals surface area contributed by atoms with Crippen molar-refractivity contribution in [2.24, 2.45) is 0 Å². The topological polar surface area (TPSA) is 105 Å². The van der Waals surface area contributed by atoms with Crippen LogP contribution in [-0.4, -0.2) is 54.3 Å². The monoisotopic (exact) mass is 437 g/mol. The van der Waals surface area contributed by atoms with Crippen LogP contribution in [0.4, 0.5) is 0 Å². The maximum absolute atomic E-state index is 12.5. The van der Waals surface area contributed by atoms with E-state index in [1.807, 2.05) is 32.0 Å². The highest BCUT2D eigenvalue weighted by Crippen LogP contribution is 2.25. The van der Waals surface area contributed by atoms with Gasteiger partial charge in [0.05, 0.1) is 11.1 Å². The lowest BCUT2D eigenvalue weighted by atomic mass is 10.1. The molecule has 0 aromatic heterocycles. The predicted molar refractivity (Wildman–Crippen MR) is 119 cm³/mol. The Kier molecular flexibility index (Phi) is 6.92. The summed E-state index contributed by atoms with van der Waals surface area (Å²) in [5, 5.41) is 5.37. The Balaban J connectivity index is 1.46. The minimum atomic E-state index is -0.397. The van der Waals surface area contributed by atoms with E-state index in [9.17, 15) is 19.2 Å². The van der Waals surface area contributed by atoms with Crippen molar-refractivity contribution < 1.29 is 23.9 Å². The van der Waals surface area contributed by atoms with Crippen molar-refractivity contribution in [2.75, 3.05) is 19.7 Å². The zero-order valence-electron chi connectivity index (χ0n) is 18.7. The zero-order valence-corrected chi connectivity index (χ0v) is 18.7. The number of hydrogen-bond donors (Lipinski definition) is 2. The van der Waals surface area contributed by atoms with Crippen LogP contribution in [0.2, 0.25) is 0 Å². The lowest BCUT2D eigenvalue weighted by Crippen LogP contribution is -2.37. The quantitative estimate of drug-likeness (QED) is 0.487. The molecule has 0 unspecified atom stereocenters. The minimum Gasteiger partial charge on any atom is -0.484 e.